The zero-order valence-corrected chi connectivity index (χ0v) is 8.45. The second-order valence-electron chi connectivity index (χ2n) is 3.36. The number of hydrogen-bond acceptors (Lipinski definition) is 3. The van der Waals surface area contributed by atoms with E-state index in [1.807, 2.05) is 6.92 Å². The van der Waals surface area contributed by atoms with Crippen molar-refractivity contribution in [3.8, 4) is 5.75 Å². The lowest BCUT2D eigenvalue weighted by atomic mass is 10.0. The van der Waals surface area contributed by atoms with E-state index in [1.165, 1.54) is 6.07 Å². The molecule has 0 saturated carbocycles. The van der Waals surface area contributed by atoms with Crippen LogP contribution in [0, 0.1) is 0 Å². The van der Waals surface area contributed by atoms with Gasteiger partial charge in [-0.05, 0) is 31.0 Å². The van der Waals surface area contributed by atoms with Gasteiger partial charge in [-0.25, -0.2) is 0 Å². The number of hydrogen-bond donors (Lipinski definition) is 2. The van der Waals surface area contributed by atoms with Gasteiger partial charge < -0.3 is 10.8 Å². The lowest BCUT2D eigenvalue weighted by molar-refractivity contribution is 0.0965. The summed E-state index contributed by atoms with van der Waals surface area (Å²) in [5, 5.41) is 9.47. The molecule has 14 heavy (non-hydrogen) atoms. The number of ketones is 1. The van der Waals surface area contributed by atoms with Crippen molar-refractivity contribution in [2.24, 2.45) is 5.73 Å². The summed E-state index contributed by atoms with van der Waals surface area (Å²) in [6, 6.07) is 4.45. The molecule has 0 amide bonds. The number of carbonyl (C=O) groups excluding carboxylic acids is 1. The van der Waals surface area contributed by atoms with Crippen molar-refractivity contribution in [1.82, 2.24) is 0 Å². The highest BCUT2D eigenvalue weighted by atomic mass is 16.3. The maximum Gasteiger partial charge on any atom is 0.182 e. The largest absolute Gasteiger partial charge is 0.507 e. The maximum absolute atomic E-state index is 11.5. The molecule has 0 heterocycles. The molecule has 0 aliphatic heterocycles. The van der Waals surface area contributed by atoms with Crippen molar-refractivity contribution in [3.05, 3.63) is 29.3 Å². The summed E-state index contributed by atoms with van der Waals surface area (Å²) in [5.41, 5.74) is 6.81. The second-order valence-corrected chi connectivity index (χ2v) is 3.36. The van der Waals surface area contributed by atoms with Crippen LogP contribution in [0.2, 0.25) is 0 Å². The van der Waals surface area contributed by atoms with Gasteiger partial charge in [0.25, 0.3) is 0 Å². The van der Waals surface area contributed by atoms with Gasteiger partial charge in [-0.3, -0.25) is 4.79 Å². The summed E-state index contributed by atoms with van der Waals surface area (Å²) in [7, 11) is 0. The predicted octanol–water partition coefficient (Wildman–Crippen LogP) is 1.48. The van der Waals surface area contributed by atoms with E-state index in [-0.39, 0.29) is 11.5 Å². The molecule has 0 radical (unpaired) electrons. The molecule has 3 heteroatoms. The molecule has 1 aromatic carbocycles. The monoisotopic (exact) mass is 193 g/mol. The minimum atomic E-state index is -0.576. The number of phenols is 1. The highest BCUT2D eigenvalue weighted by molar-refractivity contribution is 6.02. The molecule has 0 aliphatic carbocycles. The summed E-state index contributed by atoms with van der Waals surface area (Å²) in [6.07, 6.45) is 0.833. The number of carbonyl (C=O) groups is 1. The van der Waals surface area contributed by atoms with Gasteiger partial charge in [0.15, 0.2) is 5.78 Å². The predicted molar refractivity (Wildman–Crippen MR) is 55.5 cm³/mol. The van der Waals surface area contributed by atoms with Gasteiger partial charge in [0.05, 0.1) is 11.6 Å². The molecular weight excluding hydrogens is 178 g/mol. The molecule has 0 aromatic heterocycles. The van der Waals surface area contributed by atoms with Crippen molar-refractivity contribution < 1.29 is 9.90 Å². The Kier molecular flexibility index (Phi) is 3.25. The Balaban J connectivity index is 3.12. The normalized spacial score (nSPS) is 12.5. The Morgan fingerprint density at radius 3 is 2.71 bits per heavy atom. The molecule has 76 valence electrons. The summed E-state index contributed by atoms with van der Waals surface area (Å²) in [4.78, 5) is 11.5. The smallest absolute Gasteiger partial charge is 0.182 e. The lowest BCUT2D eigenvalue weighted by Gasteiger charge is -2.08. The minimum absolute atomic E-state index is 0.00417. The van der Waals surface area contributed by atoms with E-state index in [4.69, 9.17) is 5.73 Å². The standard InChI is InChI=1S/C11H15NO2/c1-3-8-4-5-10(13)9(6-8)11(14)7(2)12/h4-7,13H,3,12H2,1-2H3. The fourth-order valence-electron chi connectivity index (χ4n) is 1.25. The number of phenolic OH excluding ortho intramolecular Hbond substituents is 1. The molecule has 0 aliphatic rings. The van der Waals surface area contributed by atoms with E-state index in [2.05, 4.69) is 0 Å². The number of Topliss-reactive ketones (excluding diaryl/α,β-unsaturated/α-hetero) is 1. The van der Waals surface area contributed by atoms with E-state index in [0.29, 0.717) is 5.56 Å². The van der Waals surface area contributed by atoms with E-state index in [9.17, 15) is 9.90 Å². The van der Waals surface area contributed by atoms with Gasteiger partial charge in [-0.1, -0.05) is 13.0 Å². The van der Waals surface area contributed by atoms with Gasteiger partial charge >= 0.3 is 0 Å². The Morgan fingerprint density at radius 2 is 2.21 bits per heavy atom. The second kappa shape index (κ2) is 4.24. The Hall–Kier alpha value is -1.35. The van der Waals surface area contributed by atoms with Gasteiger partial charge in [0.2, 0.25) is 0 Å². The maximum atomic E-state index is 11.5. The lowest BCUT2D eigenvalue weighted by Crippen LogP contribution is -2.26. The van der Waals surface area contributed by atoms with E-state index in [1.54, 1.807) is 19.1 Å². The number of aryl methyl sites for hydroxylation is 1. The first-order valence-electron chi connectivity index (χ1n) is 4.68. The molecular formula is C11H15NO2. The van der Waals surface area contributed by atoms with Crippen LogP contribution >= 0.6 is 0 Å². The molecule has 3 nitrogen and oxygen atoms in total. The summed E-state index contributed by atoms with van der Waals surface area (Å²) < 4.78 is 0. The minimum Gasteiger partial charge on any atom is -0.507 e. The topological polar surface area (TPSA) is 63.3 Å². The highest BCUT2D eigenvalue weighted by Crippen LogP contribution is 2.20. The van der Waals surface area contributed by atoms with Gasteiger partial charge in [0, 0.05) is 0 Å². The third-order valence-electron chi connectivity index (χ3n) is 2.15. The molecule has 1 aromatic rings. The average molecular weight is 193 g/mol. The van der Waals surface area contributed by atoms with Crippen LogP contribution in [-0.2, 0) is 6.42 Å². The van der Waals surface area contributed by atoms with Crippen LogP contribution in [0.15, 0.2) is 18.2 Å². The van der Waals surface area contributed by atoms with Crippen molar-refractivity contribution in [2.45, 2.75) is 26.3 Å². The average Bonchev–Trinajstić information content (AvgIpc) is 2.17. The zero-order valence-electron chi connectivity index (χ0n) is 8.45. The van der Waals surface area contributed by atoms with E-state index in [0.717, 1.165) is 12.0 Å². The van der Waals surface area contributed by atoms with Crippen LogP contribution in [0.4, 0.5) is 0 Å². The fourth-order valence-corrected chi connectivity index (χ4v) is 1.25. The number of rotatable bonds is 3. The molecule has 1 atom stereocenters. The van der Waals surface area contributed by atoms with Crippen LogP contribution < -0.4 is 5.73 Å². The molecule has 0 fully saturated rings. The Morgan fingerprint density at radius 1 is 1.57 bits per heavy atom. The first kappa shape index (κ1) is 10.7. The molecule has 0 spiro atoms. The fraction of sp³-hybridized carbons (Fsp3) is 0.364. The Bertz CT molecular complexity index is 345. The highest BCUT2D eigenvalue weighted by Gasteiger charge is 2.15. The number of nitrogens with two attached hydrogens (primary N) is 1. The van der Waals surface area contributed by atoms with Crippen LogP contribution in [0.3, 0.4) is 0 Å². The van der Waals surface area contributed by atoms with Crippen LogP contribution in [0.1, 0.15) is 29.8 Å². The molecule has 0 bridgehead atoms. The van der Waals surface area contributed by atoms with Crippen LogP contribution in [0.25, 0.3) is 0 Å². The SMILES string of the molecule is CCc1ccc(O)c(C(=O)C(C)N)c1. The van der Waals surface area contributed by atoms with Gasteiger partial charge in [-0.2, -0.15) is 0 Å². The van der Waals surface area contributed by atoms with E-state index >= 15 is 0 Å². The molecule has 3 N–H and O–H groups in total. The van der Waals surface area contributed by atoms with Crippen molar-refractivity contribution in [3.63, 3.8) is 0 Å². The van der Waals surface area contributed by atoms with Crippen LogP contribution in [-0.4, -0.2) is 16.9 Å². The summed E-state index contributed by atoms with van der Waals surface area (Å²) in [6.45, 7) is 3.60. The van der Waals surface area contributed by atoms with Crippen molar-refractivity contribution in [2.75, 3.05) is 0 Å². The molecule has 1 rings (SSSR count). The third-order valence-corrected chi connectivity index (χ3v) is 2.15. The third kappa shape index (κ3) is 2.12. The molecule has 0 saturated heterocycles. The van der Waals surface area contributed by atoms with Gasteiger partial charge in [0.1, 0.15) is 5.75 Å². The summed E-state index contributed by atoms with van der Waals surface area (Å²) >= 11 is 0. The first-order chi connectivity index (χ1) is 6.56. The Labute approximate surface area is 83.6 Å². The van der Waals surface area contributed by atoms with Crippen LogP contribution in [0.5, 0.6) is 5.75 Å². The quantitative estimate of drug-likeness (QED) is 0.715. The van der Waals surface area contributed by atoms with E-state index < -0.39 is 6.04 Å². The van der Waals surface area contributed by atoms with Crippen molar-refractivity contribution >= 4 is 5.78 Å². The summed E-state index contributed by atoms with van der Waals surface area (Å²) in [5.74, 6) is -0.220. The first-order valence-corrected chi connectivity index (χ1v) is 4.68. The number of benzene rings is 1. The zero-order chi connectivity index (χ0) is 10.7. The molecule has 1 unspecified atom stereocenters. The van der Waals surface area contributed by atoms with Crippen molar-refractivity contribution in [1.29, 1.82) is 0 Å². The number of aromatic hydroxyl groups is 1. The van der Waals surface area contributed by atoms with Gasteiger partial charge in [-0.15, -0.1) is 0 Å².